The van der Waals surface area contributed by atoms with E-state index in [-0.39, 0.29) is 26.6 Å². The van der Waals surface area contributed by atoms with Crippen molar-refractivity contribution >= 4 is 34.8 Å². The van der Waals surface area contributed by atoms with Crippen molar-refractivity contribution in [1.29, 1.82) is 5.26 Å². The van der Waals surface area contributed by atoms with Gasteiger partial charge in [-0.1, -0.05) is 62.2 Å². The Hall–Kier alpha value is -3.05. The lowest BCUT2D eigenvalue weighted by Gasteiger charge is -2.37. The predicted octanol–water partition coefficient (Wildman–Crippen LogP) is 6.63. The molecule has 0 bridgehead atoms. The summed E-state index contributed by atoms with van der Waals surface area (Å²) in [5.41, 5.74) is -1.44. The van der Waals surface area contributed by atoms with Crippen molar-refractivity contribution in [1.82, 2.24) is 10.3 Å². The Balaban J connectivity index is 1.98. The van der Waals surface area contributed by atoms with Crippen molar-refractivity contribution in [3.63, 3.8) is 0 Å². The SMILES string of the molecule is CC(C)(C)C[C@@H]1N[C@@H](C(=O)Nc2ccncc2)[C@H](c2cccc(Cl)c2F)[C@@]1(C#N)c1ccc(Cl)cc1F. The first-order valence-corrected chi connectivity index (χ1v) is 12.5. The molecule has 0 saturated carbocycles. The van der Waals surface area contributed by atoms with E-state index in [0.29, 0.717) is 12.1 Å². The summed E-state index contributed by atoms with van der Waals surface area (Å²) in [7, 11) is 0. The molecule has 0 spiro atoms. The minimum absolute atomic E-state index is 0.0322. The Morgan fingerprint density at radius 2 is 1.86 bits per heavy atom. The van der Waals surface area contributed by atoms with E-state index in [4.69, 9.17) is 23.2 Å². The topological polar surface area (TPSA) is 77.8 Å². The molecule has 0 aliphatic carbocycles. The van der Waals surface area contributed by atoms with E-state index in [1.807, 2.05) is 20.8 Å². The smallest absolute Gasteiger partial charge is 0.242 e. The van der Waals surface area contributed by atoms with Crippen LogP contribution in [-0.4, -0.2) is 23.0 Å². The summed E-state index contributed by atoms with van der Waals surface area (Å²) in [5, 5.41) is 16.9. The van der Waals surface area contributed by atoms with Crippen LogP contribution in [0.15, 0.2) is 60.9 Å². The molecular weight excluding hydrogens is 517 g/mol. The molecule has 2 heterocycles. The molecule has 192 valence electrons. The Morgan fingerprint density at radius 1 is 1.16 bits per heavy atom. The molecule has 3 aromatic rings. The normalized spacial score (nSPS) is 23.5. The van der Waals surface area contributed by atoms with Gasteiger partial charge in [0.1, 0.15) is 17.0 Å². The monoisotopic (exact) mass is 542 g/mol. The first-order chi connectivity index (χ1) is 17.5. The lowest BCUT2D eigenvalue weighted by Crippen LogP contribution is -2.45. The van der Waals surface area contributed by atoms with Gasteiger partial charge in [-0.25, -0.2) is 8.78 Å². The molecule has 2 aromatic carbocycles. The average molecular weight is 543 g/mol. The Morgan fingerprint density at radius 3 is 2.49 bits per heavy atom. The summed E-state index contributed by atoms with van der Waals surface area (Å²) in [6.45, 7) is 5.94. The first-order valence-electron chi connectivity index (χ1n) is 11.8. The number of carbonyl (C=O) groups is 1. The quantitative estimate of drug-likeness (QED) is 0.379. The second-order valence-electron chi connectivity index (χ2n) is 10.4. The van der Waals surface area contributed by atoms with E-state index in [9.17, 15) is 10.1 Å². The maximum Gasteiger partial charge on any atom is 0.242 e. The van der Waals surface area contributed by atoms with Gasteiger partial charge in [0, 0.05) is 40.6 Å². The van der Waals surface area contributed by atoms with Crippen molar-refractivity contribution in [2.75, 3.05) is 5.32 Å². The largest absolute Gasteiger partial charge is 0.325 e. The molecule has 1 fully saturated rings. The standard InChI is InChI=1S/C28H26Cl2F2N4O/c1-27(2,3)14-22-28(15-33,19-8-7-16(29)13-21(19)31)23(18-5-4-6-20(30)24(18)32)25(36-22)26(37)35-17-9-11-34-12-10-17/h4-13,22-23,25,36H,14H2,1-3H3,(H,34,35,37)/t22-,23-,25+,28-/m0/s1. The number of nitriles is 1. The van der Waals surface area contributed by atoms with Gasteiger partial charge in [0.25, 0.3) is 0 Å². The van der Waals surface area contributed by atoms with E-state index in [2.05, 4.69) is 21.7 Å². The molecule has 37 heavy (non-hydrogen) atoms. The zero-order chi connectivity index (χ0) is 27.0. The number of carbonyl (C=O) groups excluding carboxylic acids is 1. The van der Waals surface area contributed by atoms with Gasteiger partial charge >= 0.3 is 0 Å². The number of nitrogens with zero attached hydrogens (tertiary/aromatic N) is 2. The second-order valence-corrected chi connectivity index (χ2v) is 11.3. The van der Waals surface area contributed by atoms with Crippen LogP contribution in [0.2, 0.25) is 10.0 Å². The van der Waals surface area contributed by atoms with Gasteiger partial charge in [0.05, 0.1) is 17.1 Å². The highest BCUT2D eigenvalue weighted by Crippen LogP contribution is 2.52. The molecule has 4 atom stereocenters. The summed E-state index contributed by atoms with van der Waals surface area (Å²) in [6.07, 6.45) is 3.44. The molecule has 0 unspecified atom stereocenters. The fourth-order valence-corrected chi connectivity index (χ4v) is 5.55. The van der Waals surface area contributed by atoms with Gasteiger partial charge in [-0.15, -0.1) is 0 Å². The third-order valence-corrected chi connectivity index (χ3v) is 7.21. The van der Waals surface area contributed by atoms with Crippen LogP contribution in [0, 0.1) is 28.4 Å². The average Bonchev–Trinajstić information content (AvgIpc) is 3.14. The van der Waals surface area contributed by atoms with Crippen molar-refractivity contribution in [2.24, 2.45) is 5.41 Å². The van der Waals surface area contributed by atoms with Gasteiger partial charge in [-0.2, -0.15) is 5.26 Å². The fourth-order valence-electron chi connectivity index (χ4n) is 5.21. The van der Waals surface area contributed by atoms with E-state index in [0.717, 1.165) is 6.07 Å². The highest BCUT2D eigenvalue weighted by Gasteiger charge is 2.61. The molecule has 2 N–H and O–H groups in total. The number of pyridine rings is 1. The number of halogens is 4. The van der Waals surface area contributed by atoms with Crippen LogP contribution in [0.25, 0.3) is 0 Å². The number of aromatic nitrogens is 1. The van der Waals surface area contributed by atoms with E-state index < -0.39 is 41.0 Å². The van der Waals surface area contributed by atoms with Crippen LogP contribution in [0.4, 0.5) is 14.5 Å². The molecule has 5 nitrogen and oxygen atoms in total. The number of hydrogen-bond donors (Lipinski definition) is 2. The third kappa shape index (κ3) is 5.19. The Kier molecular flexibility index (Phi) is 7.57. The number of benzene rings is 2. The number of hydrogen-bond acceptors (Lipinski definition) is 4. The van der Waals surface area contributed by atoms with E-state index in [1.165, 1.54) is 36.7 Å². The molecule has 0 radical (unpaired) electrons. The molecule has 1 saturated heterocycles. The van der Waals surface area contributed by atoms with Crippen LogP contribution in [0.3, 0.4) is 0 Å². The summed E-state index contributed by atoms with van der Waals surface area (Å²) in [5.74, 6) is -3.09. The predicted molar refractivity (Wildman–Crippen MR) is 141 cm³/mol. The number of amides is 1. The van der Waals surface area contributed by atoms with Gasteiger partial charge in [0.15, 0.2) is 0 Å². The molecule has 1 amide bonds. The van der Waals surface area contributed by atoms with Crippen LogP contribution in [0.5, 0.6) is 0 Å². The second kappa shape index (κ2) is 10.4. The summed E-state index contributed by atoms with van der Waals surface area (Å²) in [4.78, 5) is 17.7. The van der Waals surface area contributed by atoms with Crippen LogP contribution in [-0.2, 0) is 10.2 Å². The lowest BCUT2D eigenvalue weighted by atomic mass is 9.62. The number of rotatable bonds is 5. The van der Waals surface area contributed by atoms with Gasteiger partial charge in [-0.3, -0.25) is 9.78 Å². The zero-order valence-electron chi connectivity index (χ0n) is 20.5. The van der Waals surface area contributed by atoms with Crippen LogP contribution < -0.4 is 10.6 Å². The Bertz CT molecular complexity index is 1360. The third-order valence-electron chi connectivity index (χ3n) is 6.68. The maximum absolute atomic E-state index is 15.6. The molecular formula is C28H26Cl2F2N4O. The first kappa shape index (κ1) is 27.0. The van der Waals surface area contributed by atoms with Gasteiger partial charge in [0.2, 0.25) is 5.91 Å². The maximum atomic E-state index is 15.6. The van der Waals surface area contributed by atoms with Crippen LogP contribution in [0.1, 0.15) is 44.2 Å². The Labute approximate surface area is 224 Å². The molecule has 9 heteroatoms. The fraction of sp³-hybridized carbons (Fsp3) is 0.321. The van der Waals surface area contributed by atoms with Crippen LogP contribution >= 0.6 is 23.2 Å². The highest BCUT2D eigenvalue weighted by molar-refractivity contribution is 6.31. The van der Waals surface area contributed by atoms with Gasteiger partial charge < -0.3 is 10.6 Å². The summed E-state index contributed by atoms with van der Waals surface area (Å²) < 4.78 is 31.2. The number of anilines is 1. The number of nitrogens with one attached hydrogen (secondary N) is 2. The zero-order valence-corrected chi connectivity index (χ0v) is 22.0. The van der Waals surface area contributed by atoms with E-state index >= 15 is 8.78 Å². The minimum atomic E-state index is -1.67. The molecule has 4 rings (SSSR count). The van der Waals surface area contributed by atoms with Crippen molar-refractivity contribution < 1.29 is 13.6 Å². The van der Waals surface area contributed by atoms with Crippen molar-refractivity contribution in [2.45, 2.75) is 50.6 Å². The van der Waals surface area contributed by atoms with Gasteiger partial charge in [-0.05, 0) is 47.7 Å². The minimum Gasteiger partial charge on any atom is -0.325 e. The van der Waals surface area contributed by atoms with Crippen molar-refractivity contribution in [3.05, 3.63) is 93.7 Å². The summed E-state index contributed by atoms with van der Waals surface area (Å²) in [6, 6.07) is 12.2. The molecule has 1 aliphatic heterocycles. The molecule has 1 aromatic heterocycles. The summed E-state index contributed by atoms with van der Waals surface area (Å²) >= 11 is 12.2. The van der Waals surface area contributed by atoms with E-state index in [1.54, 1.807) is 18.2 Å². The lowest BCUT2D eigenvalue weighted by molar-refractivity contribution is -0.118. The van der Waals surface area contributed by atoms with Crippen molar-refractivity contribution in [3.8, 4) is 6.07 Å². The molecule has 1 aliphatic rings. The highest BCUT2D eigenvalue weighted by atomic mass is 35.5.